The maximum Gasteiger partial charge on any atom is 0.168 e. The highest BCUT2D eigenvalue weighted by molar-refractivity contribution is 6.16. The van der Waals surface area contributed by atoms with Crippen LogP contribution in [-0.2, 0) is 5.88 Å². The van der Waals surface area contributed by atoms with Gasteiger partial charge in [0.05, 0.1) is 11.6 Å². The molecule has 2 rings (SSSR count). The zero-order valence-electron chi connectivity index (χ0n) is 6.77. The van der Waals surface area contributed by atoms with Crippen LogP contribution in [0.15, 0.2) is 35.1 Å². The first kappa shape index (κ1) is 8.26. The van der Waals surface area contributed by atoms with E-state index in [9.17, 15) is 0 Å². The molecule has 2 heterocycles. The SMILES string of the molecule is ClCc1cc(-c2cccnc2)on1. The molecule has 0 fully saturated rings. The van der Waals surface area contributed by atoms with E-state index in [-0.39, 0.29) is 0 Å². The van der Waals surface area contributed by atoms with Gasteiger partial charge in [-0.1, -0.05) is 5.16 Å². The summed E-state index contributed by atoms with van der Waals surface area (Å²) in [5, 5.41) is 3.78. The van der Waals surface area contributed by atoms with Gasteiger partial charge in [0, 0.05) is 24.0 Å². The smallest absolute Gasteiger partial charge is 0.168 e. The van der Waals surface area contributed by atoms with E-state index in [0.717, 1.165) is 11.3 Å². The number of aromatic nitrogens is 2. The molecule has 0 aromatic carbocycles. The van der Waals surface area contributed by atoms with Crippen LogP contribution in [-0.4, -0.2) is 10.1 Å². The monoisotopic (exact) mass is 194 g/mol. The molecule has 0 spiro atoms. The van der Waals surface area contributed by atoms with Crippen molar-refractivity contribution in [3.63, 3.8) is 0 Å². The summed E-state index contributed by atoms with van der Waals surface area (Å²) < 4.78 is 5.07. The molecule has 3 nitrogen and oxygen atoms in total. The number of alkyl halides is 1. The molecule has 13 heavy (non-hydrogen) atoms. The summed E-state index contributed by atoms with van der Waals surface area (Å²) in [5.41, 5.74) is 1.65. The van der Waals surface area contributed by atoms with Crippen LogP contribution in [0.1, 0.15) is 5.69 Å². The number of hydrogen-bond donors (Lipinski definition) is 0. The minimum Gasteiger partial charge on any atom is -0.356 e. The lowest BCUT2D eigenvalue weighted by molar-refractivity contribution is 0.426. The summed E-state index contributed by atoms with van der Waals surface area (Å²) in [6.45, 7) is 0. The van der Waals surface area contributed by atoms with E-state index in [1.54, 1.807) is 12.4 Å². The summed E-state index contributed by atoms with van der Waals surface area (Å²) in [4.78, 5) is 3.98. The van der Waals surface area contributed by atoms with E-state index in [1.807, 2.05) is 18.2 Å². The molecule has 0 saturated heterocycles. The normalized spacial score (nSPS) is 10.2. The van der Waals surface area contributed by atoms with E-state index in [0.29, 0.717) is 11.6 Å². The number of rotatable bonds is 2. The lowest BCUT2D eigenvalue weighted by atomic mass is 10.2. The molecular weight excluding hydrogens is 188 g/mol. The van der Waals surface area contributed by atoms with Gasteiger partial charge in [-0.25, -0.2) is 0 Å². The molecule has 0 unspecified atom stereocenters. The zero-order chi connectivity index (χ0) is 9.10. The fraction of sp³-hybridized carbons (Fsp3) is 0.111. The highest BCUT2D eigenvalue weighted by Crippen LogP contribution is 2.19. The van der Waals surface area contributed by atoms with Gasteiger partial charge in [0.2, 0.25) is 0 Å². The second-order valence-electron chi connectivity index (χ2n) is 2.56. The number of nitrogens with zero attached hydrogens (tertiary/aromatic N) is 2. The van der Waals surface area contributed by atoms with Crippen LogP contribution in [0, 0.1) is 0 Å². The third kappa shape index (κ3) is 1.70. The molecule has 0 aliphatic carbocycles. The molecule has 0 atom stereocenters. The van der Waals surface area contributed by atoms with Crippen molar-refractivity contribution >= 4 is 11.6 Å². The van der Waals surface area contributed by atoms with Gasteiger partial charge in [0.1, 0.15) is 0 Å². The first-order chi connectivity index (χ1) is 6.40. The van der Waals surface area contributed by atoms with Gasteiger partial charge in [0.25, 0.3) is 0 Å². The molecule has 0 aliphatic heterocycles. The number of pyridine rings is 1. The lowest BCUT2D eigenvalue weighted by Gasteiger charge is -1.90. The summed E-state index contributed by atoms with van der Waals surface area (Å²) in [6.07, 6.45) is 3.43. The Labute approximate surface area is 80.3 Å². The van der Waals surface area contributed by atoms with Crippen molar-refractivity contribution in [1.82, 2.24) is 10.1 Å². The van der Waals surface area contributed by atoms with Gasteiger partial charge in [-0.15, -0.1) is 11.6 Å². The van der Waals surface area contributed by atoms with Crippen LogP contribution in [0.25, 0.3) is 11.3 Å². The van der Waals surface area contributed by atoms with Gasteiger partial charge in [0.15, 0.2) is 5.76 Å². The Morgan fingerprint density at radius 1 is 1.46 bits per heavy atom. The molecule has 4 heteroatoms. The summed E-state index contributed by atoms with van der Waals surface area (Å²) in [5.74, 6) is 1.06. The van der Waals surface area contributed by atoms with Crippen molar-refractivity contribution in [2.24, 2.45) is 0 Å². The third-order valence-electron chi connectivity index (χ3n) is 1.64. The van der Waals surface area contributed by atoms with Gasteiger partial charge < -0.3 is 4.52 Å². The third-order valence-corrected chi connectivity index (χ3v) is 1.92. The van der Waals surface area contributed by atoms with Crippen LogP contribution < -0.4 is 0 Å². The molecule has 0 saturated carbocycles. The second kappa shape index (κ2) is 3.58. The summed E-state index contributed by atoms with van der Waals surface area (Å²) >= 11 is 5.59. The summed E-state index contributed by atoms with van der Waals surface area (Å²) in [7, 11) is 0. The molecule has 0 radical (unpaired) electrons. The van der Waals surface area contributed by atoms with Crippen LogP contribution >= 0.6 is 11.6 Å². The van der Waals surface area contributed by atoms with E-state index in [1.165, 1.54) is 0 Å². The topological polar surface area (TPSA) is 38.9 Å². The maximum absolute atomic E-state index is 5.59. The zero-order valence-corrected chi connectivity index (χ0v) is 7.53. The van der Waals surface area contributed by atoms with Gasteiger partial charge in [-0.05, 0) is 12.1 Å². The first-order valence-corrected chi connectivity index (χ1v) is 4.35. The number of hydrogen-bond acceptors (Lipinski definition) is 3. The largest absolute Gasteiger partial charge is 0.356 e. The lowest BCUT2D eigenvalue weighted by Crippen LogP contribution is -1.74. The fourth-order valence-corrected chi connectivity index (χ4v) is 1.15. The molecule has 0 aliphatic rings. The maximum atomic E-state index is 5.59. The van der Waals surface area contributed by atoms with Crippen molar-refractivity contribution in [3.8, 4) is 11.3 Å². The van der Waals surface area contributed by atoms with Crippen molar-refractivity contribution in [1.29, 1.82) is 0 Å². The Hall–Kier alpha value is -1.35. The van der Waals surface area contributed by atoms with Gasteiger partial charge in [-0.2, -0.15) is 0 Å². The summed E-state index contributed by atoms with van der Waals surface area (Å²) in [6, 6.07) is 5.56. The molecule has 2 aromatic rings. The van der Waals surface area contributed by atoms with Crippen molar-refractivity contribution in [2.45, 2.75) is 5.88 Å². The highest BCUT2D eigenvalue weighted by Gasteiger charge is 2.04. The van der Waals surface area contributed by atoms with Crippen molar-refractivity contribution in [2.75, 3.05) is 0 Å². The Balaban J connectivity index is 2.36. The van der Waals surface area contributed by atoms with E-state index < -0.39 is 0 Å². The Morgan fingerprint density at radius 3 is 3.00 bits per heavy atom. The minimum atomic E-state index is 0.365. The van der Waals surface area contributed by atoms with E-state index in [4.69, 9.17) is 16.1 Å². The van der Waals surface area contributed by atoms with Gasteiger partial charge >= 0.3 is 0 Å². The molecule has 0 amide bonds. The minimum absolute atomic E-state index is 0.365. The molecule has 66 valence electrons. The van der Waals surface area contributed by atoms with Crippen molar-refractivity contribution < 1.29 is 4.52 Å². The van der Waals surface area contributed by atoms with Crippen LogP contribution in [0.3, 0.4) is 0 Å². The average Bonchev–Trinajstić information content (AvgIpc) is 2.67. The van der Waals surface area contributed by atoms with Crippen LogP contribution in [0.2, 0.25) is 0 Å². The Morgan fingerprint density at radius 2 is 2.38 bits per heavy atom. The van der Waals surface area contributed by atoms with Crippen molar-refractivity contribution in [3.05, 3.63) is 36.3 Å². The van der Waals surface area contributed by atoms with Crippen LogP contribution in [0.5, 0.6) is 0 Å². The predicted molar refractivity (Wildman–Crippen MR) is 49.3 cm³/mol. The molecule has 0 bridgehead atoms. The van der Waals surface area contributed by atoms with E-state index >= 15 is 0 Å². The second-order valence-corrected chi connectivity index (χ2v) is 2.83. The Kier molecular flexibility index (Phi) is 2.27. The van der Waals surface area contributed by atoms with Crippen LogP contribution in [0.4, 0.5) is 0 Å². The van der Waals surface area contributed by atoms with Gasteiger partial charge in [-0.3, -0.25) is 4.98 Å². The Bertz CT molecular complexity index is 386. The molecule has 2 aromatic heterocycles. The van der Waals surface area contributed by atoms with E-state index in [2.05, 4.69) is 10.1 Å². The quantitative estimate of drug-likeness (QED) is 0.690. The standard InChI is InChI=1S/C9H7ClN2O/c10-5-8-4-9(13-12-8)7-2-1-3-11-6-7/h1-4,6H,5H2. The first-order valence-electron chi connectivity index (χ1n) is 3.82. The highest BCUT2D eigenvalue weighted by atomic mass is 35.5. The molecular formula is C9H7ClN2O. The fourth-order valence-electron chi connectivity index (χ4n) is 1.02. The number of halogens is 1. The average molecular weight is 195 g/mol. The molecule has 0 N–H and O–H groups in total. The predicted octanol–water partition coefficient (Wildman–Crippen LogP) is 2.48.